The maximum Gasteiger partial charge on any atom is 0.254 e. The van der Waals surface area contributed by atoms with Crippen LogP contribution >= 0.6 is 0 Å². The van der Waals surface area contributed by atoms with Crippen molar-refractivity contribution in [2.75, 3.05) is 221 Å². The average molecular weight is 1560 g/mol. The Kier molecular flexibility index (Phi) is 52.0. The van der Waals surface area contributed by atoms with Gasteiger partial charge in [0.25, 0.3) is 5.91 Å². The molecule has 21 heteroatoms. The topological polar surface area (TPSA) is 205 Å². The molecule has 0 spiro atoms. The minimum atomic E-state index is -0.0649. The molecule has 6 fully saturated rings. The number of amides is 1. The zero-order valence-electron chi connectivity index (χ0n) is 71.3. The molecule has 6 aliphatic heterocycles. The van der Waals surface area contributed by atoms with E-state index in [0.29, 0.717) is 78.6 Å². The second-order valence-electron chi connectivity index (χ2n) is 30.5. The van der Waals surface area contributed by atoms with Gasteiger partial charge in [0.05, 0.1) is 67.0 Å². The molecular weight excluding hydrogens is 1410 g/mol. The van der Waals surface area contributed by atoms with Crippen LogP contribution in [0.1, 0.15) is 157 Å². The van der Waals surface area contributed by atoms with E-state index in [-0.39, 0.29) is 5.91 Å². The molecule has 0 saturated carbocycles. The fourth-order valence-electron chi connectivity index (χ4n) is 15.9. The molecule has 0 aliphatic carbocycles. The third-order valence-corrected chi connectivity index (χ3v) is 21.5. The molecule has 6 atom stereocenters. The van der Waals surface area contributed by atoms with Gasteiger partial charge in [-0.05, 0) is 231 Å². The molecule has 112 heavy (non-hydrogen) atoms. The summed E-state index contributed by atoms with van der Waals surface area (Å²) in [6.45, 7) is 30.1. The van der Waals surface area contributed by atoms with Crippen LogP contribution in [0, 0.1) is 11.3 Å². The second kappa shape index (κ2) is 60.4. The molecule has 6 saturated heterocycles. The van der Waals surface area contributed by atoms with Gasteiger partial charge in [0.1, 0.15) is 0 Å². The van der Waals surface area contributed by atoms with Gasteiger partial charge >= 0.3 is 0 Å². The van der Waals surface area contributed by atoms with Crippen LogP contribution < -0.4 is 35.9 Å². The number of nitriles is 1. The molecule has 21 nitrogen and oxygen atoms in total. The molecule has 5 N–H and O–H groups in total. The van der Waals surface area contributed by atoms with Crippen molar-refractivity contribution < 1.29 is 47.4 Å². The Hall–Kier alpha value is -6.14. The lowest BCUT2D eigenvalue weighted by atomic mass is 10.1. The summed E-state index contributed by atoms with van der Waals surface area (Å²) in [6, 6.07) is 40.4. The minimum Gasteiger partial charge on any atom is -0.493 e. The molecule has 6 unspecified atom stereocenters. The third kappa shape index (κ3) is 38.5. The van der Waals surface area contributed by atoms with Crippen molar-refractivity contribution in [1.29, 1.82) is 5.26 Å². The first-order chi connectivity index (χ1) is 54.8. The van der Waals surface area contributed by atoms with Gasteiger partial charge in [-0.25, -0.2) is 0 Å². The number of hydrogen-bond donors (Lipinski definition) is 4. The normalized spacial score (nSPS) is 20.3. The zero-order chi connectivity index (χ0) is 80.6. The summed E-state index contributed by atoms with van der Waals surface area (Å²) in [6.07, 6.45) is 26.9. The second-order valence-corrected chi connectivity index (χ2v) is 30.5. The number of benzene rings is 4. The van der Waals surface area contributed by atoms with Crippen molar-refractivity contribution in [3.05, 3.63) is 142 Å². The van der Waals surface area contributed by atoms with Crippen LogP contribution in [-0.4, -0.2) is 293 Å². The standard InChI is InChI=1S/C29H40N2O5.2C19H30N2O.C9H20N2O.C9H16N2O.C6H13NO/c1-22(17-23-11-7-6-8-12-23)20-31(16-10-15-30-14-9-13-25(30)21-33-2)29(32)24-18-26(34-3)28(36-5)27(19-24)35-4;2*1-17(14-18-8-4-3-5-9-18)15-20-11-7-13-21-12-6-10-19(21)16-22-2;2*1-12-8-9-4-2-6-11(9)7-3-5-10;1-8-5-6-3-2-4-7-6/h6-8,11-12,17-19,25H,9-10,13-16,20-21H2,1-5H3;2*3-5,8-9,14,19-20H,6-7,10-13,15-16H2,1-2H3;9H,2-8,10H2,1H3;9H,2-4,6-8H2,1H3;6-7H,2-5H2,1H3/b22-17+;2*17-14+;;;. The van der Waals surface area contributed by atoms with Gasteiger partial charge in [0.2, 0.25) is 5.75 Å². The molecule has 0 aromatic heterocycles. The van der Waals surface area contributed by atoms with Crippen LogP contribution in [0.25, 0.3) is 18.2 Å². The lowest BCUT2D eigenvalue weighted by Crippen LogP contribution is -2.38. The van der Waals surface area contributed by atoms with Gasteiger partial charge in [-0.1, -0.05) is 126 Å². The number of likely N-dealkylation sites (tertiary alicyclic amines) is 5. The van der Waals surface area contributed by atoms with E-state index in [1.54, 1.807) is 76.1 Å². The molecule has 4 aromatic carbocycles. The van der Waals surface area contributed by atoms with E-state index >= 15 is 0 Å². The highest BCUT2D eigenvalue weighted by Gasteiger charge is 2.29. The number of rotatable bonds is 42. The smallest absolute Gasteiger partial charge is 0.254 e. The number of carbonyl (C=O) groups is 1. The van der Waals surface area contributed by atoms with Crippen LogP contribution in [0.4, 0.5) is 0 Å². The summed E-state index contributed by atoms with van der Waals surface area (Å²) in [4.78, 5) is 28.2. The summed E-state index contributed by atoms with van der Waals surface area (Å²) in [7, 11) is 15.3. The monoisotopic (exact) mass is 1560 g/mol. The van der Waals surface area contributed by atoms with Crippen molar-refractivity contribution in [2.24, 2.45) is 5.73 Å². The van der Waals surface area contributed by atoms with Crippen LogP contribution in [0.15, 0.2) is 120 Å². The molecule has 0 bridgehead atoms. The summed E-state index contributed by atoms with van der Waals surface area (Å²) in [5.41, 5.74) is 13.5. The summed E-state index contributed by atoms with van der Waals surface area (Å²) in [5, 5.41) is 18.9. The van der Waals surface area contributed by atoms with Gasteiger partial charge in [0.15, 0.2) is 11.5 Å². The highest BCUT2D eigenvalue weighted by molar-refractivity contribution is 5.96. The van der Waals surface area contributed by atoms with E-state index < -0.39 is 0 Å². The largest absolute Gasteiger partial charge is 0.493 e. The summed E-state index contributed by atoms with van der Waals surface area (Å²) < 4.78 is 47.7. The molecule has 628 valence electrons. The Morgan fingerprint density at radius 1 is 0.482 bits per heavy atom. The predicted octanol–water partition coefficient (Wildman–Crippen LogP) is 13.0. The lowest BCUT2D eigenvalue weighted by molar-refractivity contribution is 0.0751. The number of nitrogens with two attached hydrogens (primary N) is 1. The van der Waals surface area contributed by atoms with Crippen molar-refractivity contribution in [1.82, 2.24) is 45.3 Å². The van der Waals surface area contributed by atoms with E-state index in [4.69, 9.17) is 53.6 Å². The Balaban J connectivity index is 0.000000257. The quantitative estimate of drug-likeness (QED) is 0.0304. The summed E-state index contributed by atoms with van der Waals surface area (Å²) in [5.74, 6) is 1.35. The Morgan fingerprint density at radius 2 is 0.848 bits per heavy atom. The van der Waals surface area contributed by atoms with Crippen LogP contribution in [0.3, 0.4) is 0 Å². The van der Waals surface area contributed by atoms with Crippen LogP contribution in [0.2, 0.25) is 0 Å². The Labute approximate surface area is 677 Å². The van der Waals surface area contributed by atoms with Gasteiger partial charge < -0.3 is 69.2 Å². The predicted molar refractivity (Wildman–Crippen MR) is 461 cm³/mol. The first-order valence-electron chi connectivity index (χ1n) is 41.9. The SMILES string of the molecule is COCC1CCCN1.COCC1CCCN1CCC#N.COCC1CCCN1CCCN.COCC1CCCN1CCCN(C/C(C)=C/c1ccccc1)C(=O)c1cc(OC)c(OC)c(OC)c1.COCC1CCCN1CCCNC/C(C)=C/c1ccccc1.COCC1CCCN1CCCNC/C(C)=C/c1ccccc1. The molecule has 6 aliphatic rings. The Bertz CT molecular complexity index is 3070. The average Bonchev–Trinajstić information content (AvgIpc) is 1.37. The molecule has 1 amide bonds. The van der Waals surface area contributed by atoms with Gasteiger partial charge in [0, 0.05) is 130 Å². The highest BCUT2D eigenvalue weighted by atomic mass is 16.5. The number of nitrogens with zero attached hydrogens (tertiary/aromatic N) is 7. The fourth-order valence-corrected chi connectivity index (χ4v) is 15.9. The van der Waals surface area contributed by atoms with Crippen molar-refractivity contribution >= 4 is 24.1 Å². The number of nitrogens with one attached hydrogen (secondary N) is 3. The first kappa shape index (κ1) is 96.4. The highest BCUT2D eigenvalue weighted by Crippen LogP contribution is 2.39. The van der Waals surface area contributed by atoms with Crippen molar-refractivity contribution in [2.45, 2.75) is 166 Å². The van der Waals surface area contributed by atoms with Crippen molar-refractivity contribution in [3.8, 4) is 23.3 Å². The van der Waals surface area contributed by atoms with E-state index in [1.165, 1.54) is 151 Å². The molecule has 0 radical (unpaired) electrons. The first-order valence-corrected chi connectivity index (χ1v) is 41.9. The van der Waals surface area contributed by atoms with Gasteiger partial charge in [-0.15, -0.1) is 0 Å². The number of methoxy groups -OCH3 is 9. The number of carbonyl (C=O) groups excluding carboxylic acids is 1. The van der Waals surface area contributed by atoms with E-state index in [1.807, 2.05) is 23.1 Å². The lowest BCUT2D eigenvalue weighted by Gasteiger charge is -2.27. The molecule has 6 heterocycles. The van der Waals surface area contributed by atoms with Gasteiger partial charge in [-0.2, -0.15) is 5.26 Å². The zero-order valence-corrected chi connectivity index (χ0v) is 71.3. The van der Waals surface area contributed by atoms with Crippen LogP contribution in [-0.2, 0) is 28.4 Å². The van der Waals surface area contributed by atoms with E-state index in [2.05, 4.69) is 158 Å². The number of ether oxygens (including phenoxy) is 9. The number of hydrogen-bond acceptors (Lipinski definition) is 20. The minimum absolute atomic E-state index is 0.0649. The van der Waals surface area contributed by atoms with E-state index in [9.17, 15) is 4.79 Å². The van der Waals surface area contributed by atoms with Gasteiger partial charge in [-0.3, -0.25) is 29.3 Å². The molecule has 4 aromatic rings. The fraction of sp³-hybridized carbons (Fsp3) is 0.648. The Morgan fingerprint density at radius 3 is 1.19 bits per heavy atom. The molecule has 10 rings (SSSR count). The van der Waals surface area contributed by atoms with Crippen LogP contribution in [0.5, 0.6) is 17.2 Å². The summed E-state index contributed by atoms with van der Waals surface area (Å²) >= 11 is 0. The molecular formula is C91H149N11O10. The maximum atomic E-state index is 13.8. The van der Waals surface area contributed by atoms with E-state index in [0.717, 1.165) is 129 Å². The maximum absolute atomic E-state index is 13.8. The third-order valence-electron chi connectivity index (χ3n) is 21.5. The van der Waals surface area contributed by atoms with Crippen molar-refractivity contribution in [3.63, 3.8) is 0 Å².